The van der Waals surface area contributed by atoms with E-state index < -0.39 is 0 Å². The number of anilines is 1. The highest BCUT2D eigenvalue weighted by Gasteiger charge is 2.19. The number of amides is 1. The van der Waals surface area contributed by atoms with E-state index in [1.807, 2.05) is 11.0 Å². The van der Waals surface area contributed by atoms with E-state index in [9.17, 15) is 9.18 Å². The summed E-state index contributed by atoms with van der Waals surface area (Å²) in [5.41, 5.74) is 2.78. The van der Waals surface area contributed by atoms with E-state index in [0.717, 1.165) is 26.2 Å². The number of hydrazine groups is 1. The van der Waals surface area contributed by atoms with E-state index in [-0.39, 0.29) is 11.7 Å². The fourth-order valence-electron chi connectivity index (χ4n) is 2.25. The molecule has 0 aliphatic carbocycles. The van der Waals surface area contributed by atoms with Gasteiger partial charge in [0, 0.05) is 39.1 Å². The molecule has 3 N–H and O–H groups in total. The van der Waals surface area contributed by atoms with Crippen molar-refractivity contribution in [1.29, 1.82) is 0 Å². The summed E-state index contributed by atoms with van der Waals surface area (Å²) in [6, 6.07) is 6.82. The largest absolute Gasteiger partial charge is 0.367 e. The van der Waals surface area contributed by atoms with Crippen LogP contribution in [0.1, 0.15) is 6.42 Å². The normalized spacial score (nSPS) is 16.4. The van der Waals surface area contributed by atoms with Gasteiger partial charge in [-0.25, -0.2) is 10.2 Å². The lowest BCUT2D eigenvalue weighted by Gasteiger charge is -2.36. The van der Waals surface area contributed by atoms with Crippen LogP contribution in [0.4, 0.5) is 10.1 Å². The molecule has 0 unspecified atom stereocenters. The van der Waals surface area contributed by atoms with Gasteiger partial charge in [0.05, 0.1) is 5.69 Å². The van der Waals surface area contributed by atoms with Crippen LogP contribution in [0.5, 0.6) is 0 Å². The zero-order valence-corrected chi connectivity index (χ0v) is 10.8. The predicted octanol–water partition coefficient (Wildman–Crippen LogP) is 0.328. The van der Waals surface area contributed by atoms with Crippen LogP contribution in [0.25, 0.3) is 0 Å². The van der Waals surface area contributed by atoms with Gasteiger partial charge >= 0.3 is 0 Å². The Kier molecular flexibility index (Phi) is 4.70. The predicted molar refractivity (Wildman–Crippen MR) is 72.0 cm³/mol. The van der Waals surface area contributed by atoms with Crippen molar-refractivity contribution in [3.63, 3.8) is 0 Å². The molecule has 1 fully saturated rings. The number of rotatable bonds is 4. The summed E-state index contributed by atoms with van der Waals surface area (Å²) < 4.78 is 13.6. The topological polar surface area (TPSA) is 61.6 Å². The van der Waals surface area contributed by atoms with Gasteiger partial charge in [0.2, 0.25) is 5.91 Å². The number of carbonyl (C=O) groups excluding carboxylic acids is 1. The van der Waals surface area contributed by atoms with Gasteiger partial charge in [0.1, 0.15) is 5.82 Å². The molecule has 0 bridgehead atoms. The number of piperazine rings is 1. The first-order chi connectivity index (χ1) is 9.20. The minimum absolute atomic E-state index is 0.156. The molecule has 0 radical (unpaired) electrons. The van der Waals surface area contributed by atoms with Crippen molar-refractivity contribution in [1.82, 2.24) is 10.3 Å². The summed E-state index contributed by atoms with van der Waals surface area (Å²) in [4.78, 5) is 15.3. The number of nitrogens with zero attached hydrogens (tertiary/aromatic N) is 2. The quantitative estimate of drug-likeness (QED) is 0.468. The summed E-state index contributed by atoms with van der Waals surface area (Å²) >= 11 is 0. The molecule has 1 saturated heterocycles. The Morgan fingerprint density at radius 3 is 2.58 bits per heavy atom. The molecule has 0 atom stereocenters. The van der Waals surface area contributed by atoms with Gasteiger partial charge in [-0.3, -0.25) is 15.1 Å². The number of para-hydroxylation sites is 1. The van der Waals surface area contributed by atoms with Crippen molar-refractivity contribution >= 4 is 11.6 Å². The number of hydrogen-bond acceptors (Lipinski definition) is 4. The highest BCUT2D eigenvalue weighted by molar-refractivity contribution is 5.75. The first kappa shape index (κ1) is 13.8. The van der Waals surface area contributed by atoms with Crippen LogP contribution < -0.4 is 16.2 Å². The first-order valence-electron chi connectivity index (χ1n) is 6.42. The van der Waals surface area contributed by atoms with E-state index in [4.69, 9.17) is 5.84 Å². The summed E-state index contributed by atoms with van der Waals surface area (Å²) in [6.07, 6.45) is 0.399. The number of halogens is 1. The van der Waals surface area contributed by atoms with Gasteiger partial charge in [0.15, 0.2) is 0 Å². The van der Waals surface area contributed by atoms with Crippen LogP contribution in [0, 0.1) is 5.82 Å². The number of nitrogens with two attached hydrogens (primary N) is 1. The van der Waals surface area contributed by atoms with Gasteiger partial charge in [-0.1, -0.05) is 12.1 Å². The molecule has 1 aromatic rings. The maximum absolute atomic E-state index is 13.6. The van der Waals surface area contributed by atoms with Crippen molar-refractivity contribution < 1.29 is 9.18 Å². The molecular formula is C13H19FN4O. The number of nitrogens with one attached hydrogen (secondary N) is 1. The molecule has 104 valence electrons. The summed E-state index contributed by atoms with van der Waals surface area (Å²) in [6.45, 7) is 3.88. The van der Waals surface area contributed by atoms with Gasteiger partial charge in [0.25, 0.3) is 0 Å². The highest BCUT2D eigenvalue weighted by Crippen LogP contribution is 2.19. The van der Waals surface area contributed by atoms with Gasteiger partial charge in [-0.05, 0) is 12.1 Å². The Balaban J connectivity index is 1.83. The smallest absolute Gasteiger partial charge is 0.235 e. The molecule has 1 heterocycles. The minimum Gasteiger partial charge on any atom is -0.367 e. The van der Waals surface area contributed by atoms with Crippen LogP contribution >= 0.6 is 0 Å². The van der Waals surface area contributed by atoms with Gasteiger partial charge < -0.3 is 4.90 Å². The zero-order chi connectivity index (χ0) is 13.7. The SMILES string of the molecule is NNC(=O)CCN1CCN(c2ccccc2F)CC1. The van der Waals surface area contributed by atoms with Gasteiger partial charge in [-0.15, -0.1) is 0 Å². The van der Waals surface area contributed by atoms with Crippen LogP contribution in [0.15, 0.2) is 24.3 Å². The fraction of sp³-hybridized carbons (Fsp3) is 0.462. The molecule has 1 aliphatic rings. The van der Waals surface area contributed by atoms with E-state index in [0.29, 0.717) is 18.7 Å². The second-order valence-corrected chi connectivity index (χ2v) is 4.60. The Hall–Kier alpha value is -1.66. The standard InChI is InChI=1S/C13H19FN4O/c14-11-3-1-2-4-12(11)18-9-7-17(8-10-18)6-5-13(19)16-15/h1-4H,5-10,15H2,(H,16,19). The Bertz CT molecular complexity index is 432. The van der Waals surface area contributed by atoms with Crippen LogP contribution in [-0.2, 0) is 4.79 Å². The average molecular weight is 266 g/mol. The molecule has 1 aromatic carbocycles. The monoisotopic (exact) mass is 266 g/mol. The second-order valence-electron chi connectivity index (χ2n) is 4.60. The van der Waals surface area contributed by atoms with Crippen molar-refractivity contribution in [3.8, 4) is 0 Å². The van der Waals surface area contributed by atoms with Crippen LogP contribution in [0.2, 0.25) is 0 Å². The molecule has 5 nitrogen and oxygen atoms in total. The van der Waals surface area contributed by atoms with E-state index >= 15 is 0 Å². The lowest BCUT2D eigenvalue weighted by Crippen LogP contribution is -2.47. The van der Waals surface area contributed by atoms with Crippen molar-refractivity contribution in [2.24, 2.45) is 5.84 Å². The highest BCUT2D eigenvalue weighted by atomic mass is 19.1. The summed E-state index contributed by atoms with van der Waals surface area (Å²) in [5, 5.41) is 0. The fourth-order valence-corrected chi connectivity index (χ4v) is 2.25. The Labute approximate surface area is 112 Å². The maximum atomic E-state index is 13.6. The van der Waals surface area contributed by atoms with Crippen molar-refractivity contribution in [3.05, 3.63) is 30.1 Å². The Morgan fingerprint density at radius 1 is 1.26 bits per heavy atom. The molecule has 6 heteroatoms. The third kappa shape index (κ3) is 3.65. The third-order valence-corrected chi connectivity index (χ3v) is 3.38. The lowest BCUT2D eigenvalue weighted by atomic mass is 10.2. The van der Waals surface area contributed by atoms with E-state index in [1.165, 1.54) is 6.07 Å². The summed E-state index contributed by atoms with van der Waals surface area (Å²) in [7, 11) is 0. The molecule has 2 rings (SSSR count). The average Bonchev–Trinajstić information content (AvgIpc) is 2.46. The molecule has 0 aromatic heterocycles. The molecular weight excluding hydrogens is 247 g/mol. The van der Waals surface area contributed by atoms with Crippen molar-refractivity contribution in [2.75, 3.05) is 37.6 Å². The molecule has 0 saturated carbocycles. The minimum atomic E-state index is -0.182. The van der Waals surface area contributed by atoms with Gasteiger partial charge in [-0.2, -0.15) is 0 Å². The lowest BCUT2D eigenvalue weighted by molar-refractivity contribution is -0.121. The maximum Gasteiger partial charge on any atom is 0.235 e. The van der Waals surface area contributed by atoms with E-state index in [2.05, 4.69) is 10.3 Å². The third-order valence-electron chi connectivity index (χ3n) is 3.38. The van der Waals surface area contributed by atoms with Crippen molar-refractivity contribution in [2.45, 2.75) is 6.42 Å². The number of carbonyl (C=O) groups is 1. The number of benzene rings is 1. The zero-order valence-electron chi connectivity index (χ0n) is 10.8. The first-order valence-corrected chi connectivity index (χ1v) is 6.42. The van der Waals surface area contributed by atoms with Crippen LogP contribution in [-0.4, -0.2) is 43.5 Å². The molecule has 19 heavy (non-hydrogen) atoms. The Morgan fingerprint density at radius 2 is 1.95 bits per heavy atom. The second kappa shape index (κ2) is 6.49. The van der Waals surface area contributed by atoms with Crippen LogP contribution in [0.3, 0.4) is 0 Å². The van der Waals surface area contributed by atoms with E-state index in [1.54, 1.807) is 12.1 Å². The number of hydrogen-bond donors (Lipinski definition) is 2. The summed E-state index contributed by atoms with van der Waals surface area (Å²) in [5.74, 6) is 4.70. The molecule has 1 amide bonds. The molecule has 0 spiro atoms. The molecule has 1 aliphatic heterocycles.